The molecule has 0 aromatic carbocycles. The summed E-state index contributed by atoms with van der Waals surface area (Å²) < 4.78 is 0. The third-order valence-electron chi connectivity index (χ3n) is 2.37. The average molecular weight is 165 g/mol. The minimum atomic E-state index is 0.268. The van der Waals surface area contributed by atoms with Crippen LogP contribution < -0.4 is 0 Å². The van der Waals surface area contributed by atoms with Crippen molar-refractivity contribution < 1.29 is 4.84 Å². The maximum atomic E-state index is 5.02. The molecule has 1 saturated carbocycles. The Morgan fingerprint density at radius 3 is 2.75 bits per heavy atom. The number of rotatable bonds is 3. The fourth-order valence-corrected chi connectivity index (χ4v) is 1.42. The lowest BCUT2D eigenvalue weighted by atomic mass is 10.1. The highest BCUT2D eigenvalue weighted by Crippen LogP contribution is 2.52. The number of hydrogen-bond acceptors (Lipinski definition) is 2. The van der Waals surface area contributed by atoms with Gasteiger partial charge >= 0.3 is 0 Å². The largest absolute Gasteiger partial charge is 0.383 e. The molecule has 0 aromatic rings. The first-order chi connectivity index (χ1) is 5.58. The van der Waals surface area contributed by atoms with E-state index in [1.54, 1.807) is 0 Å². The van der Waals surface area contributed by atoms with Gasteiger partial charge in [0.05, 0.1) is 5.71 Å². The summed E-state index contributed by atoms with van der Waals surface area (Å²) in [4.78, 5) is 4.89. The quantitative estimate of drug-likeness (QED) is 0.271. The van der Waals surface area contributed by atoms with Gasteiger partial charge in [-0.05, 0) is 18.8 Å². The molecule has 0 radical (unpaired) electrons. The SMILES string of the molecule is C#CCO/N=C(\C)C1CC1(C)C. The molecule has 0 bridgehead atoms. The lowest BCUT2D eigenvalue weighted by Gasteiger charge is -2.01. The summed E-state index contributed by atoms with van der Waals surface area (Å²) >= 11 is 0. The van der Waals surface area contributed by atoms with Crippen molar-refractivity contribution >= 4 is 5.71 Å². The molecule has 0 N–H and O–H groups in total. The van der Waals surface area contributed by atoms with Crippen molar-refractivity contribution in [3.63, 3.8) is 0 Å². The van der Waals surface area contributed by atoms with Gasteiger partial charge in [0.2, 0.25) is 0 Å². The highest BCUT2D eigenvalue weighted by molar-refractivity contribution is 5.87. The van der Waals surface area contributed by atoms with Crippen LogP contribution in [0.5, 0.6) is 0 Å². The Morgan fingerprint density at radius 1 is 1.75 bits per heavy atom. The Labute approximate surface area is 74.0 Å². The molecule has 0 saturated heterocycles. The maximum Gasteiger partial charge on any atom is 0.177 e. The van der Waals surface area contributed by atoms with Crippen molar-refractivity contribution in [2.75, 3.05) is 6.61 Å². The van der Waals surface area contributed by atoms with Crippen LogP contribution in [0.25, 0.3) is 0 Å². The van der Waals surface area contributed by atoms with Crippen LogP contribution in [-0.4, -0.2) is 12.3 Å². The molecule has 12 heavy (non-hydrogen) atoms. The number of hydrogen-bond donors (Lipinski definition) is 0. The molecule has 1 atom stereocenters. The smallest absolute Gasteiger partial charge is 0.177 e. The molecule has 0 aromatic heterocycles. The minimum absolute atomic E-state index is 0.268. The van der Waals surface area contributed by atoms with E-state index in [4.69, 9.17) is 11.3 Å². The zero-order valence-electron chi connectivity index (χ0n) is 7.92. The van der Waals surface area contributed by atoms with E-state index in [0.717, 1.165) is 5.71 Å². The van der Waals surface area contributed by atoms with Crippen LogP contribution >= 0.6 is 0 Å². The highest BCUT2D eigenvalue weighted by atomic mass is 16.6. The molecule has 2 nitrogen and oxygen atoms in total. The normalized spacial score (nSPS) is 26.2. The maximum absolute atomic E-state index is 5.02. The molecular weight excluding hydrogens is 150 g/mol. The zero-order chi connectivity index (χ0) is 9.19. The summed E-state index contributed by atoms with van der Waals surface area (Å²) in [7, 11) is 0. The highest BCUT2D eigenvalue weighted by Gasteiger charge is 2.47. The first-order valence-corrected chi connectivity index (χ1v) is 4.18. The molecule has 0 heterocycles. The van der Waals surface area contributed by atoms with E-state index in [1.165, 1.54) is 6.42 Å². The van der Waals surface area contributed by atoms with Crippen LogP contribution in [0.2, 0.25) is 0 Å². The van der Waals surface area contributed by atoms with E-state index in [2.05, 4.69) is 24.9 Å². The van der Waals surface area contributed by atoms with E-state index < -0.39 is 0 Å². The second-order valence-corrected chi connectivity index (χ2v) is 3.96. The minimum Gasteiger partial charge on any atom is -0.383 e. The van der Waals surface area contributed by atoms with Crippen LogP contribution in [0.4, 0.5) is 0 Å². The predicted molar refractivity (Wildman–Crippen MR) is 49.8 cm³/mol. The zero-order valence-corrected chi connectivity index (χ0v) is 7.92. The van der Waals surface area contributed by atoms with Crippen molar-refractivity contribution in [2.45, 2.75) is 27.2 Å². The Hall–Kier alpha value is -0.970. The molecule has 1 aliphatic carbocycles. The fraction of sp³-hybridized carbons (Fsp3) is 0.700. The third-order valence-corrected chi connectivity index (χ3v) is 2.37. The van der Waals surface area contributed by atoms with Crippen LogP contribution in [0.3, 0.4) is 0 Å². The van der Waals surface area contributed by atoms with Crippen molar-refractivity contribution in [1.82, 2.24) is 0 Å². The second kappa shape index (κ2) is 3.18. The molecule has 0 spiro atoms. The molecular formula is C10H15NO. The number of nitrogens with zero attached hydrogens (tertiary/aromatic N) is 1. The van der Waals surface area contributed by atoms with Crippen LogP contribution in [0.15, 0.2) is 5.16 Å². The Morgan fingerprint density at radius 2 is 2.33 bits per heavy atom. The van der Waals surface area contributed by atoms with Crippen LogP contribution in [0, 0.1) is 23.7 Å². The van der Waals surface area contributed by atoms with Gasteiger partial charge in [-0.1, -0.05) is 24.9 Å². The number of oxime groups is 1. The summed E-state index contributed by atoms with van der Waals surface area (Å²) in [5, 5.41) is 3.95. The predicted octanol–water partition coefficient (Wildman–Crippen LogP) is 2.06. The van der Waals surface area contributed by atoms with Crippen LogP contribution in [-0.2, 0) is 4.84 Å². The van der Waals surface area contributed by atoms with E-state index in [9.17, 15) is 0 Å². The van der Waals surface area contributed by atoms with Gasteiger partial charge in [0.15, 0.2) is 6.61 Å². The van der Waals surface area contributed by atoms with Gasteiger partial charge in [-0.2, -0.15) is 0 Å². The van der Waals surface area contributed by atoms with E-state index in [-0.39, 0.29) is 6.61 Å². The molecule has 66 valence electrons. The van der Waals surface area contributed by atoms with E-state index in [1.807, 2.05) is 6.92 Å². The van der Waals surface area contributed by atoms with Gasteiger partial charge < -0.3 is 4.84 Å². The first-order valence-electron chi connectivity index (χ1n) is 4.18. The lowest BCUT2D eigenvalue weighted by molar-refractivity contribution is 0.178. The van der Waals surface area contributed by atoms with Crippen molar-refractivity contribution in [3.05, 3.63) is 0 Å². The first kappa shape index (κ1) is 9.12. The Balaban J connectivity index is 2.35. The average Bonchev–Trinajstić information content (AvgIpc) is 2.60. The number of terminal acetylenes is 1. The molecule has 0 amide bonds. The summed E-state index contributed by atoms with van der Waals surface area (Å²) in [6.07, 6.45) is 6.23. The van der Waals surface area contributed by atoms with Gasteiger partial charge in [0.1, 0.15) is 0 Å². The summed E-state index contributed by atoms with van der Waals surface area (Å²) in [6, 6.07) is 0. The topological polar surface area (TPSA) is 21.6 Å². The molecule has 1 unspecified atom stereocenters. The fourth-order valence-electron chi connectivity index (χ4n) is 1.42. The molecule has 0 aliphatic heterocycles. The van der Waals surface area contributed by atoms with Gasteiger partial charge in [0.25, 0.3) is 0 Å². The van der Waals surface area contributed by atoms with Gasteiger partial charge in [-0.3, -0.25) is 0 Å². The Kier molecular flexibility index (Phi) is 2.42. The van der Waals surface area contributed by atoms with Gasteiger partial charge in [-0.25, -0.2) is 0 Å². The van der Waals surface area contributed by atoms with Crippen molar-refractivity contribution in [2.24, 2.45) is 16.5 Å². The molecule has 2 heteroatoms. The summed E-state index contributed by atoms with van der Waals surface area (Å²) in [5.74, 6) is 2.97. The molecule has 1 fully saturated rings. The second-order valence-electron chi connectivity index (χ2n) is 3.96. The standard InChI is InChI=1S/C10H15NO/c1-5-6-12-11-8(2)9-7-10(9,3)4/h1,9H,6-7H2,2-4H3/b11-8+. The van der Waals surface area contributed by atoms with E-state index in [0.29, 0.717) is 11.3 Å². The molecule has 1 rings (SSSR count). The Bertz CT molecular complexity index is 235. The molecule has 1 aliphatic rings. The lowest BCUT2D eigenvalue weighted by Crippen LogP contribution is -2.02. The monoisotopic (exact) mass is 165 g/mol. The van der Waals surface area contributed by atoms with E-state index >= 15 is 0 Å². The summed E-state index contributed by atoms with van der Waals surface area (Å²) in [6.45, 7) is 6.73. The van der Waals surface area contributed by atoms with Crippen LogP contribution in [0.1, 0.15) is 27.2 Å². The van der Waals surface area contributed by atoms with Crippen molar-refractivity contribution in [1.29, 1.82) is 0 Å². The summed E-state index contributed by atoms with van der Waals surface area (Å²) in [5.41, 5.74) is 1.49. The van der Waals surface area contributed by atoms with Gasteiger partial charge in [0, 0.05) is 5.92 Å². The third kappa shape index (κ3) is 2.01. The van der Waals surface area contributed by atoms with Crippen molar-refractivity contribution in [3.8, 4) is 12.3 Å². The van der Waals surface area contributed by atoms with Gasteiger partial charge in [-0.15, -0.1) is 6.42 Å².